The monoisotopic (exact) mass is 335 g/mol. The molecule has 1 fully saturated rings. The summed E-state index contributed by atoms with van der Waals surface area (Å²) >= 11 is 0.846. The van der Waals surface area contributed by atoms with E-state index in [0.717, 1.165) is 11.8 Å². The highest BCUT2D eigenvalue weighted by Crippen LogP contribution is 2.31. The van der Waals surface area contributed by atoms with Crippen LogP contribution in [-0.2, 0) is 14.3 Å². The molecule has 0 bridgehead atoms. The molecule has 0 aromatic heterocycles. The highest BCUT2D eigenvalue weighted by atomic mass is 32.2. The van der Waals surface area contributed by atoms with E-state index in [0.29, 0.717) is 28.4 Å². The van der Waals surface area contributed by atoms with Crippen LogP contribution >= 0.6 is 11.8 Å². The molecule has 0 saturated carbocycles. The smallest absolute Gasteiger partial charge is 0.313 e. The predicted molar refractivity (Wildman–Crippen MR) is 87.1 cm³/mol. The molecule has 1 saturated heterocycles. The van der Waals surface area contributed by atoms with Crippen molar-refractivity contribution in [2.75, 3.05) is 13.7 Å². The quantitative estimate of drug-likeness (QED) is 0.658. The SMILES string of the molecule is CCOC(=O)C(C)c1cc(C=C2SC(=O)NC2=O)ccc1OC. The van der Waals surface area contributed by atoms with E-state index in [9.17, 15) is 14.4 Å². The van der Waals surface area contributed by atoms with Crippen molar-refractivity contribution in [2.24, 2.45) is 0 Å². The maximum Gasteiger partial charge on any atom is 0.313 e. The molecule has 0 aliphatic carbocycles. The molecule has 1 heterocycles. The Kier molecular flexibility index (Phi) is 5.44. The average molecular weight is 335 g/mol. The van der Waals surface area contributed by atoms with Gasteiger partial charge in [-0.05, 0) is 49.4 Å². The van der Waals surface area contributed by atoms with Gasteiger partial charge >= 0.3 is 5.97 Å². The first kappa shape index (κ1) is 17.1. The van der Waals surface area contributed by atoms with Gasteiger partial charge in [-0.2, -0.15) is 0 Å². The average Bonchev–Trinajstić information content (AvgIpc) is 2.84. The van der Waals surface area contributed by atoms with E-state index in [1.54, 1.807) is 38.1 Å². The van der Waals surface area contributed by atoms with Gasteiger partial charge < -0.3 is 9.47 Å². The second-order valence-electron chi connectivity index (χ2n) is 4.83. The van der Waals surface area contributed by atoms with Crippen LogP contribution in [0.1, 0.15) is 30.9 Å². The molecule has 1 unspecified atom stereocenters. The minimum absolute atomic E-state index is 0.300. The van der Waals surface area contributed by atoms with Crippen LogP contribution in [-0.4, -0.2) is 30.8 Å². The van der Waals surface area contributed by atoms with Crippen LogP contribution in [0.5, 0.6) is 5.75 Å². The number of hydrogen-bond donors (Lipinski definition) is 1. The Labute approximate surface area is 138 Å². The van der Waals surface area contributed by atoms with Gasteiger partial charge in [0.05, 0.1) is 24.5 Å². The maximum absolute atomic E-state index is 12.0. The lowest BCUT2D eigenvalue weighted by atomic mass is 9.97. The van der Waals surface area contributed by atoms with E-state index in [1.807, 2.05) is 0 Å². The highest BCUT2D eigenvalue weighted by Gasteiger charge is 2.25. The number of benzene rings is 1. The van der Waals surface area contributed by atoms with Crippen LogP contribution < -0.4 is 10.1 Å². The number of hydrogen-bond acceptors (Lipinski definition) is 6. The molecule has 1 aliphatic heterocycles. The molecule has 2 amide bonds. The summed E-state index contributed by atoms with van der Waals surface area (Å²) in [4.78, 5) is 35.1. The second kappa shape index (κ2) is 7.32. The van der Waals surface area contributed by atoms with E-state index in [4.69, 9.17) is 9.47 Å². The Morgan fingerprint density at radius 3 is 2.70 bits per heavy atom. The second-order valence-corrected chi connectivity index (χ2v) is 5.84. The van der Waals surface area contributed by atoms with Gasteiger partial charge in [-0.3, -0.25) is 19.7 Å². The van der Waals surface area contributed by atoms with Crippen molar-refractivity contribution >= 4 is 35.0 Å². The van der Waals surface area contributed by atoms with E-state index in [-0.39, 0.29) is 5.97 Å². The van der Waals surface area contributed by atoms with Gasteiger partial charge in [0.1, 0.15) is 5.75 Å². The topological polar surface area (TPSA) is 81.7 Å². The van der Waals surface area contributed by atoms with Crippen LogP contribution in [0, 0.1) is 0 Å². The number of carbonyl (C=O) groups excluding carboxylic acids is 3. The molecule has 7 heteroatoms. The Bertz CT molecular complexity index is 683. The first-order valence-corrected chi connectivity index (χ1v) is 7.87. The number of carbonyl (C=O) groups is 3. The molecule has 0 spiro atoms. The lowest BCUT2D eigenvalue weighted by Crippen LogP contribution is -2.17. The van der Waals surface area contributed by atoms with E-state index < -0.39 is 17.1 Å². The first-order valence-electron chi connectivity index (χ1n) is 7.05. The van der Waals surface area contributed by atoms with Gasteiger partial charge in [0.2, 0.25) is 0 Å². The van der Waals surface area contributed by atoms with Crippen LogP contribution in [0.25, 0.3) is 6.08 Å². The lowest BCUT2D eigenvalue weighted by Gasteiger charge is -2.15. The summed E-state index contributed by atoms with van der Waals surface area (Å²) in [7, 11) is 1.52. The summed E-state index contributed by atoms with van der Waals surface area (Å²) < 4.78 is 10.3. The van der Waals surface area contributed by atoms with Crippen molar-refractivity contribution < 1.29 is 23.9 Å². The minimum Gasteiger partial charge on any atom is -0.496 e. The molecule has 1 aromatic rings. The van der Waals surface area contributed by atoms with Crippen LogP contribution in [0.4, 0.5) is 4.79 Å². The summed E-state index contributed by atoms with van der Waals surface area (Å²) in [5, 5.41) is 1.81. The third-order valence-electron chi connectivity index (χ3n) is 3.30. The Hall–Kier alpha value is -2.28. The number of methoxy groups -OCH3 is 1. The molecular formula is C16H17NO5S. The zero-order valence-corrected chi connectivity index (χ0v) is 13.9. The van der Waals surface area contributed by atoms with Crippen molar-refractivity contribution in [1.82, 2.24) is 5.32 Å². The summed E-state index contributed by atoms with van der Waals surface area (Å²) in [6, 6.07) is 5.23. The normalized spacial score (nSPS) is 17.1. The van der Waals surface area contributed by atoms with Crippen molar-refractivity contribution in [2.45, 2.75) is 19.8 Å². The van der Waals surface area contributed by atoms with E-state index >= 15 is 0 Å². The Balaban J connectivity index is 2.35. The highest BCUT2D eigenvalue weighted by molar-refractivity contribution is 8.18. The number of nitrogens with one attached hydrogen (secondary N) is 1. The van der Waals surface area contributed by atoms with Crippen molar-refractivity contribution in [3.05, 3.63) is 34.2 Å². The molecule has 2 rings (SSSR count). The lowest BCUT2D eigenvalue weighted by molar-refractivity contribution is -0.144. The number of rotatable bonds is 5. The van der Waals surface area contributed by atoms with E-state index in [2.05, 4.69) is 5.32 Å². The van der Waals surface area contributed by atoms with Gasteiger partial charge in [-0.1, -0.05) is 6.07 Å². The van der Waals surface area contributed by atoms with Crippen molar-refractivity contribution in [3.63, 3.8) is 0 Å². The standard InChI is InChI=1S/C16H17NO5S/c1-4-22-15(19)9(2)11-7-10(5-6-12(11)21-3)8-13-14(18)17-16(20)23-13/h5-9H,4H2,1-3H3,(H,17,18,20). The largest absolute Gasteiger partial charge is 0.496 e. The van der Waals surface area contributed by atoms with Gasteiger partial charge in [-0.25, -0.2) is 0 Å². The molecule has 1 atom stereocenters. The maximum atomic E-state index is 12.0. The molecule has 0 radical (unpaired) electrons. The molecule has 1 aliphatic rings. The third-order valence-corrected chi connectivity index (χ3v) is 4.11. The number of imide groups is 1. The Morgan fingerprint density at radius 1 is 1.39 bits per heavy atom. The fourth-order valence-corrected chi connectivity index (χ4v) is 2.83. The van der Waals surface area contributed by atoms with Gasteiger partial charge in [0.15, 0.2) is 0 Å². The van der Waals surface area contributed by atoms with Crippen molar-refractivity contribution in [1.29, 1.82) is 0 Å². The summed E-state index contributed by atoms with van der Waals surface area (Å²) in [6.07, 6.45) is 1.60. The molecular weight excluding hydrogens is 318 g/mol. The molecule has 6 nitrogen and oxygen atoms in total. The number of thioether (sulfide) groups is 1. The Morgan fingerprint density at radius 2 is 2.13 bits per heavy atom. The van der Waals surface area contributed by atoms with Crippen molar-refractivity contribution in [3.8, 4) is 5.75 Å². The van der Waals surface area contributed by atoms with Crippen LogP contribution in [0.3, 0.4) is 0 Å². The number of ether oxygens (including phenoxy) is 2. The zero-order chi connectivity index (χ0) is 17.0. The summed E-state index contributed by atoms with van der Waals surface area (Å²) in [5.41, 5.74) is 1.36. The fraction of sp³-hybridized carbons (Fsp3) is 0.312. The minimum atomic E-state index is -0.505. The first-order chi connectivity index (χ1) is 11.0. The van der Waals surface area contributed by atoms with Crippen LogP contribution in [0.15, 0.2) is 23.1 Å². The summed E-state index contributed by atoms with van der Waals surface area (Å²) in [6.45, 7) is 3.77. The molecule has 1 aromatic carbocycles. The number of esters is 1. The predicted octanol–water partition coefficient (Wildman–Crippen LogP) is 2.69. The number of amides is 2. The van der Waals surface area contributed by atoms with Gasteiger partial charge in [0, 0.05) is 5.56 Å². The molecule has 1 N–H and O–H groups in total. The van der Waals surface area contributed by atoms with Gasteiger partial charge in [-0.15, -0.1) is 0 Å². The van der Waals surface area contributed by atoms with Gasteiger partial charge in [0.25, 0.3) is 11.1 Å². The third kappa shape index (κ3) is 3.92. The fourth-order valence-electron chi connectivity index (χ4n) is 2.15. The zero-order valence-electron chi connectivity index (χ0n) is 13.0. The molecule has 23 heavy (non-hydrogen) atoms. The summed E-state index contributed by atoms with van der Waals surface area (Å²) in [5.74, 6) is -0.711. The van der Waals surface area contributed by atoms with Crippen LogP contribution in [0.2, 0.25) is 0 Å². The van der Waals surface area contributed by atoms with E-state index in [1.165, 1.54) is 7.11 Å². The molecule has 122 valence electrons.